The van der Waals surface area contributed by atoms with Gasteiger partial charge in [-0.3, -0.25) is 0 Å². The zero-order valence-corrected chi connectivity index (χ0v) is 15.1. The predicted octanol–water partition coefficient (Wildman–Crippen LogP) is 2.76. The monoisotopic (exact) mass is 373 g/mol. The van der Waals surface area contributed by atoms with Crippen LogP contribution in [0, 0.1) is 17.1 Å². The van der Waals surface area contributed by atoms with Crippen LogP contribution < -0.4 is 0 Å². The molecule has 4 aromatic rings. The Morgan fingerprint density at radius 1 is 1.11 bits per heavy atom. The van der Waals surface area contributed by atoms with E-state index in [2.05, 4.69) is 37.7 Å². The van der Waals surface area contributed by atoms with E-state index in [0.717, 1.165) is 30.0 Å². The maximum Gasteiger partial charge on any atom is 0.162 e. The summed E-state index contributed by atoms with van der Waals surface area (Å²) in [5.74, 6) is -0.290. The number of halogens is 1. The molecule has 1 fully saturated rings. The second kappa shape index (κ2) is 6.25. The third-order valence-electron chi connectivity index (χ3n) is 5.07. The average Bonchev–Trinajstić information content (AvgIpc) is 3.29. The lowest BCUT2D eigenvalue weighted by Crippen LogP contribution is -2.44. The molecule has 0 atom stereocenters. The molecular weight excluding hydrogens is 357 g/mol. The molecule has 138 valence electrons. The van der Waals surface area contributed by atoms with E-state index in [-0.39, 0.29) is 11.9 Å². The Hall–Kier alpha value is -3.57. The molecule has 5 rings (SSSR count). The van der Waals surface area contributed by atoms with Crippen molar-refractivity contribution in [2.45, 2.75) is 6.04 Å². The molecule has 0 N–H and O–H groups in total. The maximum atomic E-state index is 13.4. The number of benzene rings is 1. The highest BCUT2D eigenvalue weighted by Crippen LogP contribution is 2.34. The van der Waals surface area contributed by atoms with Crippen molar-refractivity contribution >= 4 is 5.65 Å². The van der Waals surface area contributed by atoms with E-state index >= 15 is 0 Å². The first-order chi connectivity index (χ1) is 13.6. The maximum absolute atomic E-state index is 13.4. The average molecular weight is 373 g/mol. The van der Waals surface area contributed by atoms with E-state index < -0.39 is 0 Å². The van der Waals surface area contributed by atoms with Gasteiger partial charge < -0.3 is 9.47 Å². The standard InChI is InChI=1S/C20H16FN7/c1-26-10-16(11-26)27-12-24-19(13-2-4-14(21)5-3-13)20(27)17-6-7-18-23-9-15(8-22)28(18)25-17/h2-7,9,12,16H,10-11H2,1H3. The Balaban J connectivity index is 1.71. The molecule has 0 saturated carbocycles. The van der Waals surface area contributed by atoms with E-state index in [1.165, 1.54) is 22.8 Å². The van der Waals surface area contributed by atoms with Crippen LogP contribution in [0.3, 0.4) is 0 Å². The summed E-state index contributed by atoms with van der Waals surface area (Å²) in [5.41, 5.74) is 4.07. The van der Waals surface area contributed by atoms with Crippen molar-refractivity contribution in [3.05, 3.63) is 60.4 Å². The summed E-state index contributed by atoms with van der Waals surface area (Å²) >= 11 is 0. The van der Waals surface area contributed by atoms with Crippen LogP contribution in [0.1, 0.15) is 11.7 Å². The van der Waals surface area contributed by atoms with Crippen molar-refractivity contribution in [3.63, 3.8) is 0 Å². The minimum Gasteiger partial charge on any atom is -0.323 e. The zero-order chi connectivity index (χ0) is 19.3. The fourth-order valence-corrected chi connectivity index (χ4v) is 3.63. The Morgan fingerprint density at radius 2 is 1.89 bits per heavy atom. The van der Waals surface area contributed by atoms with Crippen molar-refractivity contribution in [1.82, 2.24) is 29.0 Å². The molecule has 1 saturated heterocycles. The van der Waals surface area contributed by atoms with Crippen molar-refractivity contribution in [1.29, 1.82) is 5.26 Å². The summed E-state index contributed by atoms with van der Waals surface area (Å²) in [7, 11) is 2.07. The van der Waals surface area contributed by atoms with E-state index in [4.69, 9.17) is 0 Å². The van der Waals surface area contributed by atoms with Crippen molar-refractivity contribution in [3.8, 4) is 28.7 Å². The van der Waals surface area contributed by atoms with E-state index in [1.54, 1.807) is 12.1 Å². The third kappa shape index (κ3) is 2.56. The van der Waals surface area contributed by atoms with Gasteiger partial charge in [-0.15, -0.1) is 0 Å². The van der Waals surface area contributed by atoms with Crippen LogP contribution in [0.15, 0.2) is 48.9 Å². The number of hydrogen-bond donors (Lipinski definition) is 0. The van der Waals surface area contributed by atoms with Gasteiger partial charge >= 0.3 is 0 Å². The van der Waals surface area contributed by atoms with Crippen LogP contribution in [-0.2, 0) is 0 Å². The van der Waals surface area contributed by atoms with Gasteiger partial charge in [-0.1, -0.05) is 0 Å². The number of aromatic nitrogens is 5. The molecule has 0 spiro atoms. The van der Waals surface area contributed by atoms with Crippen LogP contribution in [-0.4, -0.2) is 49.2 Å². The third-order valence-corrected chi connectivity index (χ3v) is 5.07. The summed E-state index contributed by atoms with van der Waals surface area (Å²) in [6.45, 7) is 1.84. The molecule has 1 aliphatic heterocycles. The summed E-state index contributed by atoms with van der Waals surface area (Å²) in [4.78, 5) is 11.1. The van der Waals surface area contributed by atoms with Crippen LogP contribution >= 0.6 is 0 Å². The van der Waals surface area contributed by atoms with Gasteiger partial charge in [-0.2, -0.15) is 10.4 Å². The molecule has 4 heterocycles. The second-order valence-corrected chi connectivity index (χ2v) is 6.97. The predicted molar refractivity (Wildman–Crippen MR) is 101 cm³/mol. The van der Waals surface area contributed by atoms with Gasteiger partial charge in [0, 0.05) is 18.7 Å². The summed E-state index contributed by atoms with van der Waals surface area (Å²) in [5, 5.41) is 14.0. The molecule has 0 radical (unpaired) electrons. The first-order valence-corrected chi connectivity index (χ1v) is 8.90. The van der Waals surface area contributed by atoms with Crippen LogP contribution in [0.25, 0.3) is 28.3 Å². The highest BCUT2D eigenvalue weighted by molar-refractivity contribution is 5.77. The normalized spacial score (nSPS) is 14.9. The Morgan fingerprint density at radius 3 is 2.61 bits per heavy atom. The Kier molecular flexibility index (Phi) is 3.70. The minimum atomic E-state index is -0.290. The number of imidazole rings is 2. The number of rotatable bonds is 3. The highest BCUT2D eigenvalue weighted by Gasteiger charge is 2.29. The number of likely N-dealkylation sites (tertiary alicyclic amines) is 1. The number of hydrogen-bond acceptors (Lipinski definition) is 5. The van der Waals surface area contributed by atoms with Gasteiger partial charge in [0.1, 0.15) is 17.6 Å². The Labute approximate surface area is 160 Å². The molecule has 0 unspecified atom stereocenters. The topological polar surface area (TPSA) is 75.0 Å². The molecule has 0 bridgehead atoms. The van der Waals surface area contributed by atoms with Crippen molar-refractivity contribution in [2.24, 2.45) is 0 Å². The lowest BCUT2D eigenvalue weighted by atomic mass is 10.1. The molecular formula is C20H16FN7. The number of fused-ring (bicyclic) bond motifs is 1. The quantitative estimate of drug-likeness (QED) is 0.552. The molecule has 3 aromatic heterocycles. The van der Waals surface area contributed by atoms with Crippen molar-refractivity contribution in [2.75, 3.05) is 20.1 Å². The molecule has 7 nitrogen and oxygen atoms in total. The first kappa shape index (κ1) is 16.6. The summed E-state index contributed by atoms with van der Waals surface area (Å²) in [6.07, 6.45) is 3.32. The largest absolute Gasteiger partial charge is 0.323 e. The summed E-state index contributed by atoms with van der Waals surface area (Å²) in [6, 6.07) is 12.4. The van der Waals surface area contributed by atoms with Gasteiger partial charge in [0.05, 0.1) is 30.0 Å². The van der Waals surface area contributed by atoms with E-state index in [9.17, 15) is 9.65 Å². The lowest BCUT2D eigenvalue weighted by molar-refractivity contribution is 0.141. The van der Waals surface area contributed by atoms with Gasteiger partial charge in [-0.05, 0) is 43.4 Å². The van der Waals surface area contributed by atoms with Crippen LogP contribution in [0.5, 0.6) is 0 Å². The molecule has 1 aromatic carbocycles. The zero-order valence-electron chi connectivity index (χ0n) is 15.1. The number of nitriles is 1. The minimum absolute atomic E-state index is 0.289. The Bertz CT molecular complexity index is 1210. The van der Waals surface area contributed by atoms with Gasteiger partial charge in [0.2, 0.25) is 0 Å². The smallest absolute Gasteiger partial charge is 0.162 e. The molecule has 0 aliphatic carbocycles. The molecule has 28 heavy (non-hydrogen) atoms. The number of likely N-dealkylation sites (N-methyl/N-ethyl adjacent to an activating group) is 1. The second-order valence-electron chi connectivity index (χ2n) is 6.97. The summed E-state index contributed by atoms with van der Waals surface area (Å²) < 4.78 is 17.1. The highest BCUT2D eigenvalue weighted by atomic mass is 19.1. The van der Waals surface area contributed by atoms with Gasteiger partial charge in [0.25, 0.3) is 0 Å². The van der Waals surface area contributed by atoms with E-state index in [0.29, 0.717) is 17.0 Å². The SMILES string of the molecule is CN1CC(n2cnc(-c3ccc(F)cc3)c2-c2ccc3ncc(C#N)n3n2)C1. The lowest BCUT2D eigenvalue weighted by Gasteiger charge is -2.37. The first-order valence-electron chi connectivity index (χ1n) is 8.90. The van der Waals surface area contributed by atoms with Crippen LogP contribution in [0.4, 0.5) is 4.39 Å². The molecule has 0 amide bonds. The van der Waals surface area contributed by atoms with Gasteiger partial charge in [0.15, 0.2) is 11.3 Å². The fraction of sp³-hybridized carbons (Fsp3) is 0.200. The molecule has 8 heteroatoms. The van der Waals surface area contributed by atoms with Gasteiger partial charge in [-0.25, -0.2) is 18.9 Å². The number of nitrogens with zero attached hydrogens (tertiary/aromatic N) is 7. The van der Waals surface area contributed by atoms with Crippen molar-refractivity contribution < 1.29 is 4.39 Å². The fourth-order valence-electron chi connectivity index (χ4n) is 3.63. The molecule has 1 aliphatic rings. The van der Waals surface area contributed by atoms with Crippen LogP contribution in [0.2, 0.25) is 0 Å². The van der Waals surface area contributed by atoms with E-state index in [1.807, 2.05) is 18.5 Å².